The third-order valence-electron chi connectivity index (χ3n) is 5.45. The molecule has 0 aliphatic heterocycles. The van der Waals surface area contributed by atoms with E-state index in [2.05, 4.69) is 10.3 Å². The molecule has 0 atom stereocenters. The molecular weight excluding hydrogens is 504 g/mol. The number of hydrogen-bond donors (Lipinski definition) is 6. The van der Waals surface area contributed by atoms with E-state index in [1.165, 1.54) is 51.4 Å². The van der Waals surface area contributed by atoms with Crippen LogP contribution in [0.1, 0.15) is 116 Å². The first kappa shape index (κ1) is 39.7. The van der Waals surface area contributed by atoms with Gasteiger partial charge in [-0.15, -0.1) is 0 Å². The second kappa shape index (κ2) is 24.6. The van der Waals surface area contributed by atoms with Gasteiger partial charge >= 0.3 is 74.3 Å². The van der Waals surface area contributed by atoms with Crippen molar-refractivity contribution < 1.29 is 39.1 Å². The molecule has 0 aromatic heterocycles. The topological polar surface area (TPSA) is 180 Å². The zero-order chi connectivity index (χ0) is 24.3. The molecule has 0 aromatic rings. The second-order valence-electron chi connectivity index (χ2n) is 8.28. The van der Waals surface area contributed by atoms with E-state index < -0.39 is 26.1 Å². The number of oxime groups is 2. The zero-order valence-electron chi connectivity index (χ0n) is 19.0. The molecule has 6 N–H and O–H groups in total. The average molecular weight is 549 g/mol. The maximum absolute atomic E-state index is 11.0. The van der Waals surface area contributed by atoms with Gasteiger partial charge in [-0.1, -0.05) is 100 Å². The van der Waals surface area contributed by atoms with Gasteiger partial charge in [-0.05, 0) is 12.8 Å². The molecule has 0 saturated heterocycles. The van der Waals surface area contributed by atoms with Gasteiger partial charge in [0.2, 0.25) is 0 Å². The summed E-state index contributed by atoms with van der Waals surface area (Å²) in [6.07, 6.45) is 17.2. The van der Waals surface area contributed by atoms with Gasteiger partial charge in [0.15, 0.2) is 10.9 Å². The van der Waals surface area contributed by atoms with Gasteiger partial charge in [0.1, 0.15) is 0 Å². The fourth-order valence-corrected chi connectivity index (χ4v) is 4.68. The van der Waals surface area contributed by atoms with Crippen molar-refractivity contribution in [2.45, 2.75) is 116 Å². The number of hydrogen-bond acceptors (Lipinski definition) is 6. The van der Waals surface area contributed by atoms with E-state index in [4.69, 9.17) is 30.0 Å². The van der Waals surface area contributed by atoms with E-state index in [1.807, 2.05) is 0 Å². The molecule has 0 aliphatic carbocycles. The Morgan fingerprint density at radius 1 is 0.441 bits per heavy atom. The van der Waals surface area contributed by atoms with Gasteiger partial charge in [-0.25, -0.2) is 0 Å². The molecule has 0 radical (unpaired) electrons. The normalized spacial score (nSPS) is 12.8. The first-order valence-electron chi connectivity index (χ1n) is 11.7. The minimum atomic E-state index is -4.41. The van der Waals surface area contributed by atoms with Crippen LogP contribution in [0.2, 0.25) is 0 Å². The van der Waals surface area contributed by atoms with Crippen molar-refractivity contribution >= 4 is 85.2 Å². The molecule has 0 heterocycles. The van der Waals surface area contributed by atoms with Crippen LogP contribution in [-0.2, 0) is 9.13 Å². The summed E-state index contributed by atoms with van der Waals surface area (Å²) in [6, 6.07) is 0. The molecule has 14 heteroatoms. The molecule has 0 saturated carbocycles. The summed E-state index contributed by atoms with van der Waals surface area (Å²) in [7, 11) is -8.82. The van der Waals surface area contributed by atoms with E-state index >= 15 is 0 Å². The third kappa shape index (κ3) is 23.6. The van der Waals surface area contributed by atoms with Crippen LogP contribution < -0.4 is 0 Å². The molecule has 0 spiro atoms. The average Bonchev–Trinajstić information content (AvgIpc) is 2.70. The van der Waals surface area contributed by atoms with E-state index in [0.29, 0.717) is 12.8 Å². The van der Waals surface area contributed by atoms with Crippen molar-refractivity contribution in [2.75, 3.05) is 0 Å². The molecule has 0 amide bonds. The van der Waals surface area contributed by atoms with E-state index in [9.17, 15) is 9.13 Å². The van der Waals surface area contributed by atoms with Crippen LogP contribution in [-0.4, -0.2) is 100 Å². The first-order chi connectivity index (χ1) is 15.1. The first-order valence-corrected chi connectivity index (χ1v) is 14.9. The van der Waals surface area contributed by atoms with Crippen LogP contribution in [0.5, 0.6) is 0 Å². The Labute approximate surface area is 248 Å². The van der Waals surface area contributed by atoms with E-state index in [1.54, 1.807) is 0 Å². The Morgan fingerprint density at radius 3 is 0.765 bits per heavy atom. The zero-order valence-corrected chi connectivity index (χ0v) is 20.8. The molecule has 0 unspecified atom stereocenters. The standard InChI is InChI=1S/C20H42N2O8P2.2Na.2H/c23-21-19(31(25,26)27)17-15-13-11-9-7-5-3-1-2-4-6-8-10-12-14-16-18-20(22-24)32(28,29)30;;;;/h23-24H,1-18H2,(H2,25,26,27)(H2,28,29,30);;;;/b21-19-,22-20-;;;;. The quantitative estimate of drug-likeness (QED) is 0.0300. The number of nitrogens with zero attached hydrogens (tertiary/aromatic N) is 2. The van der Waals surface area contributed by atoms with Gasteiger partial charge in [0, 0.05) is 12.8 Å². The fourth-order valence-electron chi connectivity index (χ4n) is 3.55. The van der Waals surface area contributed by atoms with Crippen LogP contribution >= 0.6 is 15.2 Å². The monoisotopic (exact) mass is 548 g/mol. The molecule has 0 aliphatic rings. The second-order valence-corrected chi connectivity index (χ2v) is 11.5. The summed E-state index contributed by atoms with van der Waals surface area (Å²) in [5.74, 6) is 0. The summed E-state index contributed by atoms with van der Waals surface area (Å²) in [6.45, 7) is 0. The predicted molar refractivity (Wildman–Crippen MR) is 140 cm³/mol. The SMILES string of the molecule is O=P(O)(O)/C(CCCCCCCCCCCCCCCCCC/C(=N/O)P(=O)(O)O)=N\O.[NaH].[NaH]. The van der Waals surface area contributed by atoms with Gasteiger partial charge in [-0.3, -0.25) is 9.13 Å². The van der Waals surface area contributed by atoms with Crippen molar-refractivity contribution in [1.29, 1.82) is 0 Å². The van der Waals surface area contributed by atoms with Crippen LogP contribution in [0, 0.1) is 0 Å². The molecule has 34 heavy (non-hydrogen) atoms. The van der Waals surface area contributed by atoms with Gasteiger partial charge in [-0.2, -0.15) is 0 Å². The van der Waals surface area contributed by atoms with Crippen molar-refractivity contribution in [3.63, 3.8) is 0 Å². The maximum atomic E-state index is 11.0. The minimum absolute atomic E-state index is 0. The Bertz CT molecular complexity index is 588. The molecule has 0 aromatic carbocycles. The number of unbranched alkanes of at least 4 members (excludes halogenated alkanes) is 15. The van der Waals surface area contributed by atoms with Crippen LogP contribution in [0.3, 0.4) is 0 Å². The Hall–Kier alpha value is 1.24. The molecule has 194 valence electrons. The molecular formula is C20H44N2Na2O8P2. The summed E-state index contributed by atoms with van der Waals surface area (Å²) in [5.41, 5.74) is -0.857. The third-order valence-corrected chi connectivity index (χ3v) is 7.43. The van der Waals surface area contributed by atoms with Crippen LogP contribution in [0.25, 0.3) is 0 Å². The molecule has 0 rings (SSSR count). The van der Waals surface area contributed by atoms with Gasteiger partial charge in [0.25, 0.3) is 0 Å². The Kier molecular flexibility index (Phi) is 28.7. The predicted octanol–water partition coefficient (Wildman–Crippen LogP) is 4.64. The Balaban J connectivity index is -0.00000480. The summed E-state index contributed by atoms with van der Waals surface area (Å²) in [5, 5.41) is 22.6. The van der Waals surface area contributed by atoms with E-state index in [-0.39, 0.29) is 72.0 Å². The summed E-state index contributed by atoms with van der Waals surface area (Å²) >= 11 is 0. The number of rotatable bonds is 21. The van der Waals surface area contributed by atoms with Crippen molar-refractivity contribution in [2.24, 2.45) is 10.3 Å². The van der Waals surface area contributed by atoms with Gasteiger partial charge in [0.05, 0.1) is 0 Å². The molecule has 10 nitrogen and oxygen atoms in total. The van der Waals surface area contributed by atoms with Crippen molar-refractivity contribution in [1.82, 2.24) is 0 Å². The fraction of sp³-hybridized carbons (Fsp3) is 0.900. The molecule has 0 bridgehead atoms. The Morgan fingerprint density at radius 2 is 0.618 bits per heavy atom. The van der Waals surface area contributed by atoms with Crippen LogP contribution in [0.4, 0.5) is 0 Å². The van der Waals surface area contributed by atoms with Crippen molar-refractivity contribution in [3.8, 4) is 0 Å². The van der Waals surface area contributed by atoms with Gasteiger partial charge < -0.3 is 30.0 Å². The van der Waals surface area contributed by atoms with Crippen LogP contribution in [0.15, 0.2) is 10.3 Å². The summed E-state index contributed by atoms with van der Waals surface area (Å²) in [4.78, 5) is 35.8. The summed E-state index contributed by atoms with van der Waals surface area (Å²) < 4.78 is 22.0. The molecule has 0 fully saturated rings. The van der Waals surface area contributed by atoms with E-state index in [0.717, 1.165) is 38.5 Å². The van der Waals surface area contributed by atoms with Crippen molar-refractivity contribution in [3.05, 3.63) is 0 Å².